The Labute approximate surface area is 89.6 Å². The number of carboxylic acid groups (broad SMARTS) is 1. The summed E-state index contributed by atoms with van der Waals surface area (Å²) in [5.41, 5.74) is 4.75. The Kier molecular flexibility index (Phi) is 13.5. The number of nitrogens with two attached hydrogens (primary N) is 1. The highest BCUT2D eigenvalue weighted by Gasteiger charge is 2.06. The Morgan fingerprint density at radius 3 is 2.07 bits per heavy atom. The normalized spacial score (nSPS) is 8.79. The lowest BCUT2D eigenvalue weighted by Gasteiger charge is -2.22. The van der Waals surface area contributed by atoms with Crippen LogP contribution in [0.2, 0.25) is 0 Å². The van der Waals surface area contributed by atoms with Crippen LogP contribution in [0, 0.1) is 0 Å². The zero-order valence-electron chi connectivity index (χ0n) is 8.57. The Morgan fingerprint density at radius 1 is 1.50 bits per heavy atom. The molecule has 86 valence electrons. The number of carbonyl (C=O) groups is 2. The van der Waals surface area contributed by atoms with Gasteiger partial charge in [-0.3, -0.25) is 4.79 Å². The highest BCUT2D eigenvalue weighted by Crippen LogP contribution is 1.88. The highest BCUT2D eigenvalue weighted by molar-refractivity contribution is 5.64. The second-order valence-electron chi connectivity index (χ2n) is 3.29. The van der Waals surface area contributed by atoms with Crippen molar-refractivity contribution in [3.63, 3.8) is 0 Å². The quantitative estimate of drug-likeness (QED) is 0.387. The molecule has 14 heavy (non-hydrogen) atoms. The van der Waals surface area contributed by atoms with Crippen molar-refractivity contribution in [2.24, 2.45) is 5.73 Å². The van der Waals surface area contributed by atoms with Gasteiger partial charge in [-0.2, -0.15) is 0 Å². The first-order chi connectivity index (χ1) is 5.83. The predicted octanol–water partition coefficient (Wildman–Crippen LogP) is -3.51. The number of likely N-dealkylation sites (N-methyl/N-ethyl adjacent to an activating group) is 1. The molecular formula is C7H17ClN2O4. The summed E-state index contributed by atoms with van der Waals surface area (Å²) in [5.74, 6) is 0. The minimum atomic E-state index is -0.701. The molecule has 0 radical (unpaired) electrons. The summed E-state index contributed by atoms with van der Waals surface area (Å²) < 4.78 is 5.31. The fourth-order valence-corrected chi connectivity index (χ4v) is 0.420. The molecule has 6 nitrogen and oxygen atoms in total. The van der Waals surface area contributed by atoms with Crippen LogP contribution in [0.3, 0.4) is 0 Å². The number of carbonyl (C=O) groups excluding carboxylic acids is 1. The van der Waals surface area contributed by atoms with Gasteiger partial charge in [-0.15, -0.1) is 0 Å². The predicted molar refractivity (Wildman–Crippen MR) is 47.1 cm³/mol. The van der Waals surface area contributed by atoms with Crippen LogP contribution in [-0.2, 0) is 9.53 Å². The molecule has 0 aromatic rings. The molecule has 7 heteroatoms. The molecule has 0 bridgehead atoms. The number of amides is 1. The lowest BCUT2D eigenvalue weighted by Crippen LogP contribution is -3.00. The zero-order chi connectivity index (χ0) is 10.9. The van der Waals surface area contributed by atoms with Crippen LogP contribution in [0.5, 0.6) is 0 Å². The summed E-state index contributed by atoms with van der Waals surface area (Å²) in [7, 11) is 6.05. The maximum atomic E-state index is 10.1. The molecule has 0 fully saturated rings. The molecule has 0 aromatic heterocycles. The molecule has 0 aliphatic carbocycles. The second kappa shape index (κ2) is 10.1. The second-order valence-corrected chi connectivity index (χ2v) is 3.29. The van der Waals surface area contributed by atoms with E-state index in [9.17, 15) is 4.79 Å². The zero-order valence-corrected chi connectivity index (χ0v) is 9.32. The molecule has 0 unspecified atom stereocenters. The van der Waals surface area contributed by atoms with E-state index in [0.29, 0.717) is 6.61 Å². The minimum absolute atomic E-state index is 0. The van der Waals surface area contributed by atoms with E-state index >= 15 is 0 Å². The van der Waals surface area contributed by atoms with Crippen LogP contribution >= 0.6 is 0 Å². The molecule has 0 aliphatic rings. The van der Waals surface area contributed by atoms with Gasteiger partial charge in [0, 0.05) is 0 Å². The number of rotatable bonds is 3. The first-order valence-electron chi connectivity index (χ1n) is 3.64. The van der Waals surface area contributed by atoms with Crippen molar-refractivity contribution >= 4 is 12.6 Å². The Bertz CT molecular complexity index is 158. The summed E-state index contributed by atoms with van der Waals surface area (Å²) in [5, 5.41) is 6.89. The van der Waals surface area contributed by atoms with Crippen molar-refractivity contribution in [2.45, 2.75) is 0 Å². The average Bonchev–Trinajstić information content (AvgIpc) is 1.84. The van der Waals surface area contributed by atoms with Crippen molar-refractivity contribution in [3.8, 4) is 0 Å². The number of hydrogen-bond acceptors (Lipinski definition) is 3. The third-order valence-electron chi connectivity index (χ3n) is 1.01. The minimum Gasteiger partial charge on any atom is -1.00 e. The number of nitrogens with zero attached hydrogens (tertiary/aromatic N) is 1. The van der Waals surface area contributed by atoms with Crippen molar-refractivity contribution in [2.75, 3.05) is 34.3 Å². The van der Waals surface area contributed by atoms with Crippen LogP contribution in [-0.4, -0.2) is 56.4 Å². The fourth-order valence-electron chi connectivity index (χ4n) is 0.420. The van der Waals surface area contributed by atoms with Crippen LogP contribution in [0.1, 0.15) is 0 Å². The summed E-state index contributed by atoms with van der Waals surface area (Å²) in [4.78, 5) is 18.4. The van der Waals surface area contributed by atoms with E-state index in [0.717, 1.165) is 11.0 Å². The summed E-state index contributed by atoms with van der Waals surface area (Å²) >= 11 is 0. The number of halogens is 1. The molecule has 0 spiro atoms. The lowest BCUT2D eigenvalue weighted by molar-refractivity contribution is -0.870. The van der Waals surface area contributed by atoms with E-state index in [1.807, 2.05) is 21.1 Å². The monoisotopic (exact) mass is 228 g/mol. The number of hydrogen-bond donors (Lipinski definition) is 2. The molecular weight excluding hydrogens is 212 g/mol. The van der Waals surface area contributed by atoms with E-state index < -0.39 is 6.09 Å². The molecule has 0 saturated carbocycles. The molecule has 0 heterocycles. The standard InChI is InChI=1S/C6H14N2O2.CH2O2.ClH/c1-8(2,3)4-5-10-6(7)9;2-1-3;/h4-5H2,1-3H3,(H-,7,9);1H,(H,2,3);1H. The van der Waals surface area contributed by atoms with Gasteiger partial charge in [0.15, 0.2) is 0 Å². The van der Waals surface area contributed by atoms with Gasteiger partial charge in [0.25, 0.3) is 6.47 Å². The first-order valence-corrected chi connectivity index (χ1v) is 3.64. The molecule has 0 aliphatic heterocycles. The van der Waals surface area contributed by atoms with Gasteiger partial charge in [0.2, 0.25) is 0 Å². The van der Waals surface area contributed by atoms with Crippen LogP contribution < -0.4 is 18.1 Å². The average molecular weight is 229 g/mol. The SMILES string of the molecule is C[N+](C)(C)CCOC(N)=O.O=CO.[Cl-]. The Balaban J connectivity index is -0.000000267. The van der Waals surface area contributed by atoms with Gasteiger partial charge in [-0.05, 0) is 0 Å². The maximum absolute atomic E-state index is 10.1. The van der Waals surface area contributed by atoms with Gasteiger partial charge >= 0.3 is 6.09 Å². The molecule has 1 amide bonds. The molecule has 0 saturated heterocycles. The molecule has 0 rings (SSSR count). The van der Waals surface area contributed by atoms with E-state index in [1.165, 1.54) is 0 Å². The Hall–Kier alpha value is -1.01. The molecule has 3 N–H and O–H groups in total. The number of quaternary nitrogens is 1. The Morgan fingerprint density at radius 2 is 1.86 bits per heavy atom. The van der Waals surface area contributed by atoms with Crippen molar-refractivity contribution in [3.05, 3.63) is 0 Å². The van der Waals surface area contributed by atoms with Gasteiger partial charge in [-0.1, -0.05) is 0 Å². The van der Waals surface area contributed by atoms with Crippen LogP contribution in [0.15, 0.2) is 0 Å². The van der Waals surface area contributed by atoms with Gasteiger partial charge in [0.05, 0.1) is 21.1 Å². The smallest absolute Gasteiger partial charge is 0.404 e. The molecule has 0 atom stereocenters. The lowest BCUT2D eigenvalue weighted by atomic mass is 10.5. The topological polar surface area (TPSA) is 89.6 Å². The van der Waals surface area contributed by atoms with E-state index in [1.54, 1.807) is 0 Å². The van der Waals surface area contributed by atoms with E-state index in [2.05, 4.69) is 4.74 Å². The van der Waals surface area contributed by atoms with Crippen LogP contribution in [0.25, 0.3) is 0 Å². The summed E-state index contributed by atoms with van der Waals surface area (Å²) in [6.45, 7) is 0.918. The van der Waals surface area contributed by atoms with Crippen molar-refractivity contribution in [1.82, 2.24) is 0 Å². The van der Waals surface area contributed by atoms with E-state index in [4.69, 9.17) is 15.6 Å². The number of primary amides is 1. The van der Waals surface area contributed by atoms with Gasteiger partial charge in [-0.25, -0.2) is 4.79 Å². The highest BCUT2D eigenvalue weighted by atomic mass is 35.5. The summed E-state index contributed by atoms with van der Waals surface area (Å²) in [6, 6.07) is 0. The van der Waals surface area contributed by atoms with Crippen molar-refractivity contribution < 1.29 is 36.3 Å². The van der Waals surface area contributed by atoms with Gasteiger partial charge < -0.3 is 32.5 Å². The third-order valence-corrected chi connectivity index (χ3v) is 1.01. The van der Waals surface area contributed by atoms with E-state index in [-0.39, 0.29) is 18.9 Å². The third kappa shape index (κ3) is 30.6. The fraction of sp³-hybridized carbons (Fsp3) is 0.714. The number of ether oxygens (including phenoxy) is 1. The summed E-state index contributed by atoms with van der Waals surface area (Å²) in [6.07, 6.45) is -0.701. The first kappa shape index (κ1) is 18.7. The van der Waals surface area contributed by atoms with Crippen LogP contribution in [0.4, 0.5) is 4.79 Å². The molecule has 0 aromatic carbocycles. The van der Waals surface area contributed by atoms with Gasteiger partial charge in [0.1, 0.15) is 13.2 Å². The largest absolute Gasteiger partial charge is 1.00 e. The maximum Gasteiger partial charge on any atom is 0.404 e. The van der Waals surface area contributed by atoms with Crippen molar-refractivity contribution in [1.29, 1.82) is 0 Å².